The van der Waals surface area contributed by atoms with Crippen LogP contribution in [0.25, 0.3) is 0 Å². The average molecular weight is 517 g/mol. The molecule has 1 aromatic heterocycles. The fraction of sp³-hybridized carbons (Fsp3) is 0.500. The summed E-state index contributed by atoms with van der Waals surface area (Å²) in [6, 6.07) is 3.74. The quantitative estimate of drug-likeness (QED) is 0.569. The molecule has 1 aliphatic carbocycles. The third-order valence-electron chi connectivity index (χ3n) is 7.24. The lowest BCUT2D eigenvalue weighted by Crippen LogP contribution is -2.36. The molecule has 192 valence electrons. The van der Waals surface area contributed by atoms with Gasteiger partial charge in [-0.15, -0.1) is 0 Å². The summed E-state index contributed by atoms with van der Waals surface area (Å²) in [4.78, 5) is 35.6. The predicted octanol–water partition coefficient (Wildman–Crippen LogP) is 4.80. The van der Waals surface area contributed by atoms with Crippen molar-refractivity contribution in [2.24, 2.45) is 11.8 Å². The van der Waals surface area contributed by atoms with Crippen molar-refractivity contribution in [3.05, 3.63) is 51.8 Å². The molecule has 4 rings (SSSR count). The number of rotatable bonds is 6. The van der Waals surface area contributed by atoms with E-state index in [2.05, 4.69) is 9.97 Å². The van der Waals surface area contributed by atoms with Crippen LogP contribution in [-0.4, -0.2) is 56.8 Å². The Morgan fingerprint density at radius 2 is 1.94 bits per heavy atom. The first-order valence-electron chi connectivity index (χ1n) is 12.1. The van der Waals surface area contributed by atoms with Crippen LogP contribution < -0.4 is 4.74 Å². The number of nitrogens with zero attached hydrogens (tertiary/aromatic N) is 3. The number of aryl methyl sites for hydroxylation is 2. The van der Waals surface area contributed by atoms with Gasteiger partial charge < -0.3 is 20.2 Å². The number of carbonyl (C=O) groups is 2. The monoisotopic (exact) mass is 516 g/mol. The molecule has 10 heteroatoms. The molecule has 2 N–H and O–H groups in total. The second-order valence-corrected chi connectivity index (χ2v) is 10.0. The lowest BCUT2D eigenvalue weighted by molar-refractivity contribution is -0.146. The van der Waals surface area contributed by atoms with Gasteiger partial charge in [-0.1, -0.05) is 24.9 Å². The second kappa shape index (κ2) is 10.5. The molecular weight excluding hydrogens is 487 g/mol. The molecule has 4 unspecified atom stereocenters. The molecule has 1 aromatic carbocycles. The topological polar surface area (TPSA) is 116 Å². The van der Waals surface area contributed by atoms with E-state index in [1.807, 2.05) is 6.92 Å². The Morgan fingerprint density at radius 3 is 2.58 bits per heavy atom. The van der Waals surface area contributed by atoms with E-state index < -0.39 is 35.6 Å². The van der Waals surface area contributed by atoms with Gasteiger partial charge in [-0.05, 0) is 51.2 Å². The highest BCUT2D eigenvalue weighted by Gasteiger charge is 2.38. The number of nitrogens with one attached hydrogen (secondary N) is 1. The summed E-state index contributed by atoms with van der Waals surface area (Å²) < 4.78 is 20.2. The van der Waals surface area contributed by atoms with Gasteiger partial charge >= 0.3 is 5.97 Å². The highest BCUT2D eigenvalue weighted by molar-refractivity contribution is 6.31. The van der Waals surface area contributed by atoms with Gasteiger partial charge in [-0.25, -0.2) is 14.4 Å². The van der Waals surface area contributed by atoms with Crippen LogP contribution in [0.15, 0.2) is 18.2 Å². The number of amides is 1. The predicted molar refractivity (Wildman–Crippen MR) is 132 cm³/mol. The van der Waals surface area contributed by atoms with Crippen LogP contribution in [0.5, 0.6) is 5.75 Å². The normalized spacial score (nSPS) is 24.1. The third kappa shape index (κ3) is 5.21. The van der Waals surface area contributed by atoms with Gasteiger partial charge in [0.1, 0.15) is 17.4 Å². The maximum Gasteiger partial charge on any atom is 0.306 e. The highest BCUT2D eigenvalue weighted by atomic mass is 35.5. The van der Waals surface area contributed by atoms with Crippen LogP contribution in [0.2, 0.25) is 5.02 Å². The van der Waals surface area contributed by atoms with Gasteiger partial charge in [-0.3, -0.25) is 9.59 Å². The number of aliphatic carboxylic acids is 1. The van der Waals surface area contributed by atoms with Crippen molar-refractivity contribution in [2.45, 2.75) is 58.5 Å². The molecule has 1 saturated heterocycles. The SMILES string of the molecule is CCC1CCC(Oc2cc(F)ccc2C(=O)N2CC(=N)C(c3nc(C)c(Cl)c(C)n3)C2)CC1C(=O)O. The maximum atomic E-state index is 14.2. The molecule has 2 aromatic rings. The van der Waals surface area contributed by atoms with Crippen LogP contribution in [0.1, 0.15) is 66.1 Å². The van der Waals surface area contributed by atoms with Gasteiger partial charge in [0.15, 0.2) is 0 Å². The lowest BCUT2D eigenvalue weighted by Gasteiger charge is -2.33. The standard InChI is InChI=1S/C26H30ClFN4O4/c1-4-15-5-7-17(10-19(15)26(34)35)36-22-9-16(28)6-8-18(22)25(33)32-11-20(21(29)12-32)24-30-13(2)23(27)14(3)31-24/h6,8-9,15,17,19-20,29H,4-5,7,10-12H2,1-3H3,(H,34,35). The smallest absolute Gasteiger partial charge is 0.306 e. The summed E-state index contributed by atoms with van der Waals surface area (Å²) in [7, 11) is 0. The first-order chi connectivity index (χ1) is 17.1. The van der Waals surface area contributed by atoms with Crippen molar-refractivity contribution in [3.63, 3.8) is 0 Å². The number of hydrogen-bond acceptors (Lipinski definition) is 6. The molecule has 0 bridgehead atoms. The summed E-state index contributed by atoms with van der Waals surface area (Å²) in [5.74, 6) is -2.19. The molecule has 0 spiro atoms. The molecule has 2 fully saturated rings. The molecular formula is C26H30ClFN4O4. The number of hydrogen-bond donors (Lipinski definition) is 2. The van der Waals surface area contributed by atoms with E-state index in [4.69, 9.17) is 21.7 Å². The summed E-state index contributed by atoms with van der Waals surface area (Å²) >= 11 is 6.18. The van der Waals surface area contributed by atoms with Gasteiger partial charge in [0.25, 0.3) is 5.91 Å². The molecule has 0 radical (unpaired) electrons. The summed E-state index contributed by atoms with van der Waals surface area (Å²) in [5.41, 5.74) is 1.71. The number of ether oxygens (including phenoxy) is 1. The molecule has 1 aliphatic heterocycles. The third-order valence-corrected chi connectivity index (χ3v) is 7.79. The van der Waals surface area contributed by atoms with Crippen molar-refractivity contribution < 1.29 is 23.8 Å². The Bertz CT molecular complexity index is 1180. The van der Waals surface area contributed by atoms with Crippen molar-refractivity contribution in [3.8, 4) is 5.75 Å². The highest BCUT2D eigenvalue weighted by Crippen LogP contribution is 2.36. The van der Waals surface area contributed by atoms with E-state index in [0.29, 0.717) is 47.2 Å². The maximum absolute atomic E-state index is 14.2. The van der Waals surface area contributed by atoms with E-state index in [1.54, 1.807) is 13.8 Å². The lowest BCUT2D eigenvalue weighted by atomic mass is 9.76. The Balaban J connectivity index is 1.54. The van der Waals surface area contributed by atoms with Crippen LogP contribution in [-0.2, 0) is 4.79 Å². The van der Waals surface area contributed by atoms with E-state index >= 15 is 0 Å². The fourth-order valence-electron chi connectivity index (χ4n) is 5.20. The van der Waals surface area contributed by atoms with Crippen LogP contribution >= 0.6 is 11.6 Å². The minimum absolute atomic E-state index is 0.0749. The van der Waals surface area contributed by atoms with Gasteiger partial charge in [0.05, 0.1) is 46.5 Å². The van der Waals surface area contributed by atoms with E-state index in [9.17, 15) is 19.1 Å². The Hall–Kier alpha value is -3.07. The fourth-order valence-corrected chi connectivity index (χ4v) is 5.29. The molecule has 1 saturated carbocycles. The number of carboxylic acids is 1. The zero-order valence-corrected chi connectivity index (χ0v) is 21.3. The summed E-state index contributed by atoms with van der Waals surface area (Å²) in [6.45, 7) is 5.81. The zero-order chi connectivity index (χ0) is 26.1. The minimum Gasteiger partial charge on any atom is -0.489 e. The Kier molecular flexibility index (Phi) is 7.59. The van der Waals surface area contributed by atoms with E-state index in [1.165, 1.54) is 23.1 Å². The number of likely N-dealkylation sites (tertiary alicyclic amines) is 1. The largest absolute Gasteiger partial charge is 0.489 e. The van der Waals surface area contributed by atoms with Crippen molar-refractivity contribution in [1.82, 2.24) is 14.9 Å². The second-order valence-electron chi connectivity index (χ2n) is 9.64. The van der Waals surface area contributed by atoms with Crippen molar-refractivity contribution in [2.75, 3.05) is 13.1 Å². The first-order valence-corrected chi connectivity index (χ1v) is 12.5. The number of halogens is 2. The van der Waals surface area contributed by atoms with Crippen molar-refractivity contribution in [1.29, 1.82) is 5.41 Å². The zero-order valence-electron chi connectivity index (χ0n) is 20.6. The van der Waals surface area contributed by atoms with Crippen molar-refractivity contribution >= 4 is 29.2 Å². The summed E-state index contributed by atoms with van der Waals surface area (Å²) in [5, 5.41) is 18.6. The molecule has 36 heavy (non-hydrogen) atoms. The van der Waals surface area contributed by atoms with Gasteiger partial charge in [0.2, 0.25) is 0 Å². The van der Waals surface area contributed by atoms with Gasteiger partial charge in [-0.2, -0.15) is 0 Å². The Labute approximate surface area is 214 Å². The minimum atomic E-state index is -0.859. The number of benzene rings is 1. The van der Waals surface area contributed by atoms with Crippen LogP contribution in [0.4, 0.5) is 4.39 Å². The van der Waals surface area contributed by atoms with E-state index in [-0.39, 0.29) is 30.3 Å². The average Bonchev–Trinajstić information content (AvgIpc) is 3.23. The van der Waals surface area contributed by atoms with Crippen LogP contribution in [0.3, 0.4) is 0 Å². The molecule has 2 heterocycles. The summed E-state index contributed by atoms with van der Waals surface area (Å²) in [6.07, 6.45) is 1.98. The number of carboxylic acid groups (broad SMARTS) is 1. The van der Waals surface area contributed by atoms with Gasteiger partial charge in [0, 0.05) is 18.3 Å². The number of aromatic nitrogens is 2. The van der Waals surface area contributed by atoms with E-state index in [0.717, 1.165) is 6.42 Å². The Morgan fingerprint density at radius 1 is 1.25 bits per heavy atom. The van der Waals surface area contributed by atoms with Crippen LogP contribution in [0, 0.1) is 36.9 Å². The number of carbonyl (C=O) groups excluding carboxylic acids is 1. The molecule has 8 nitrogen and oxygen atoms in total. The molecule has 2 aliphatic rings. The molecule has 4 atom stereocenters. The molecule has 1 amide bonds. The first kappa shape index (κ1) is 26.0.